The van der Waals surface area contributed by atoms with Gasteiger partial charge in [-0.2, -0.15) is 0 Å². The van der Waals surface area contributed by atoms with Crippen molar-refractivity contribution in [3.8, 4) is 5.75 Å². The maximum absolute atomic E-state index is 12.5. The van der Waals surface area contributed by atoms with Gasteiger partial charge in [0.15, 0.2) is 6.61 Å². The highest BCUT2D eigenvalue weighted by atomic mass is 16.5. The molecule has 0 spiro atoms. The van der Waals surface area contributed by atoms with Crippen LogP contribution in [-0.4, -0.2) is 25.1 Å². The van der Waals surface area contributed by atoms with Crippen LogP contribution in [-0.2, 0) is 9.53 Å². The number of para-hydroxylation sites is 1. The van der Waals surface area contributed by atoms with Crippen LogP contribution in [0, 0.1) is 0 Å². The first-order valence-electron chi connectivity index (χ1n) is 9.47. The number of carbonyl (C=O) groups excluding carboxylic acids is 2. The third kappa shape index (κ3) is 5.45. The van der Waals surface area contributed by atoms with Crippen LogP contribution < -0.4 is 10.1 Å². The van der Waals surface area contributed by atoms with E-state index in [4.69, 9.17) is 9.47 Å². The normalized spacial score (nSPS) is 10.4. The van der Waals surface area contributed by atoms with E-state index in [0.29, 0.717) is 17.9 Å². The van der Waals surface area contributed by atoms with Gasteiger partial charge in [-0.3, -0.25) is 4.79 Å². The van der Waals surface area contributed by atoms with Crippen LogP contribution in [0.2, 0.25) is 0 Å². The summed E-state index contributed by atoms with van der Waals surface area (Å²) in [5, 5.41) is 2.95. The molecule has 0 aromatic heterocycles. The monoisotopic (exact) mass is 389 g/mol. The molecular weight excluding hydrogens is 366 g/mol. The maximum Gasteiger partial charge on any atom is 0.342 e. The molecule has 148 valence electrons. The molecule has 1 N–H and O–H groups in total. The molecule has 0 bridgehead atoms. The van der Waals surface area contributed by atoms with Crippen molar-refractivity contribution in [2.45, 2.75) is 13.0 Å². The van der Waals surface area contributed by atoms with E-state index in [0.717, 1.165) is 11.1 Å². The Labute approximate surface area is 170 Å². The Morgan fingerprint density at radius 3 is 1.97 bits per heavy atom. The molecule has 0 radical (unpaired) electrons. The molecule has 0 aliphatic rings. The smallest absolute Gasteiger partial charge is 0.342 e. The van der Waals surface area contributed by atoms with Crippen molar-refractivity contribution in [1.82, 2.24) is 5.32 Å². The zero-order valence-electron chi connectivity index (χ0n) is 16.2. The summed E-state index contributed by atoms with van der Waals surface area (Å²) in [6, 6.07) is 25.8. The fraction of sp³-hybridized carbons (Fsp3) is 0.167. The van der Waals surface area contributed by atoms with E-state index in [1.54, 1.807) is 24.3 Å². The number of ether oxygens (including phenoxy) is 2. The first kappa shape index (κ1) is 20.1. The highest BCUT2D eigenvalue weighted by Gasteiger charge is 2.19. The highest BCUT2D eigenvalue weighted by Crippen LogP contribution is 2.22. The molecule has 5 nitrogen and oxygen atoms in total. The van der Waals surface area contributed by atoms with Crippen LogP contribution >= 0.6 is 0 Å². The molecule has 1 amide bonds. The number of esters is 1. The van der Waals surface area contributed by atoms with Gasteiger partial charge in [-0.05, 0) is 30.2 Å². The number of benzene rings is 3. The van der Waals surface area contributed by atoms with Crippen molar-refractivity contribution >= 4 is 11.9 Å². The lowest BCUT2D eigenvalue weighted by Crippen LogP contribution is -2.33. The Kier molecular flexibility index (Phi) is 7.00. The first-order chi connectivity index (χ1) is 14.2. The molecule has 3 aromatic carbocycles. The van der Waals surface area contributed by atoms with Crippen LogP contribution in [0.15, 0.2) is 84.9 Å². The van der Waals surface area contributed by atoms with Crippen molar-refractivity contribution in [2.24, 2.45) is 0 Å². The van der Waals surface area contributed by atoms with Crippen molar-refractivity contribution in [2.75, 3.05) is 13.2 Å². The van der Waals surface area contributed by atoms with Gasteiger partial charge in [0, 0.05) is 0 Å². The van der Waals surface area contributed by atoms with Gasteiger partial charge in [0.25, 0.3) is 5.91 Å². The molecule has 0 aliphatic heterocycles. The second-order valence-electron chi connectivity index (χ2n) is 6.33. The third-order valence-electron chi connectivity index (χ3n) is 4.31. The van der Waals surface area contributed by atoms with E-state index >= 15 is 0 Å². The molecule has 3 aromatic rings. The Bertz CT molecular complexity index is 902. The second-order valence-corrected chi connectivity index (χ2v) is 6.33. The maximum atomic E-state index is 12.5. The van der Waals surface area contributed by atoms with Crippen LogP contribution in [0.25, 0.3) is 0 Å². The standard InChI is InChI=1S/C24H23NO4/c1-2-28-21-16-10-9-15-20(21)24(27)29-17-22(26)25-23(18-11-5-3-6-12-18)19-13-7-4-8-14-19/h3-16,23H,2,17H2,1H3,(H,25,26). The Morgan fingerprint density at radius 2 is 1.38 bits per heavy atom. The van der Waals surface area contributed by atoms with E-state index in [1.165, 1.54) is 0 Å². The van der Waals surface area contributed by atoms with E-state index in [2.05, 4.69) is 5.32 Å². The third-order valence-corrected chi connectivity index (χ3v) is 4.31. The Morgan fingerprint density at radius 1 is 0.828 bits per heavy atom. The fourth-order valence-corrected chi connectivity index (χ4v) is 2.98. The molecule has 0 saturated carbocycles. The number of nitrogens with one attached hydrogen (secondary N) is 1. The first-order valence-corrected chi connectivity index (χ1v) is 9.47. The molecule has 0 aliphatic carbocycles. The van der Waals surface area contributed by atoms with E-state index in [-0.39, 0.29) is 18.6 Å². The summed E-state index contributed by atoms with van der Waals surface area (Å²) in [5.41, 5.74) is 2.19. The minimum Gasteiger partial charge on any atom is -0.493 e. The molecule has 3 rings (SSSR count). The molecule has 0 atom stereocenters. The molecule has 0 unspecified atom stereocenters. The van der Waals surface area contributed by atoms with Crippen LogP contribution in [0.5, 0.6) is 5.75 Å². The Hall–Kier alpha value is -3.60. The van der Waals surface area contributed by atoms with Crippen molar-refractivity contribution in [3.63, 3.8) is 0 Å². The lowest BCUT2D eigenvalue weighted by Gasteiger charge is -2.20. The number of rotatable bonds is 8. The molecule has 0 fully saturated rings. The summed E-state index contributed by atoms with van der Waals surface area (Å²) in [4.78, 5) is 24.9. The largest absolute Gasteiger partial charge is 0.493 e. The van der Waals surface area contributed by atoms with E-state index in [9.17, 15) is 9.59 Å². The van der Waals surface area contributed by atoms with Gasteiger partial charge in [-0.15, -0.1) is 0 Å². The molecular formula is C24H23NO4. The fourth-order valence-electron chi connectivity index (χ4n) is 2.98. The minimum atomic E-state index is -0.597. The van der Waals surface area contributed by atoms with Gasteiger partial charge in [0.2, 0.25) is 0 Å². The van der Waals surface area contributed by atoms with Gasteiger partial charge in [-0.25, -0.2) is 4.79 Å². The summed E-state index contributed by atoms with van der Waals surface area (Å²) in [6.07, 6.45) is 0. The van der Waals surface area contributed by atoms with Crippen LogP contribution in [0.1, 0.15) is 34.5 Å². The SMILES string of the molecule is CCOc1ccccc1C(=O)OCC(=O)NC(c1ccccc1)c1ccccc1. The minimum absolute atomic E-state index is 0.296. The number of hydrogen-bond acceptors (Lipinski definition) is 4. The van der Waals surface area contributed by atoms with Gasteiger partial charge in [0.1, 0.15) is 11.3 Å². The predicted octanol–water partition coefficient (Wildman–Crippen LogP) is 4.15. The summed E-state index contributed by atoms with van der Waals surface area (Å²) in [5.74, 6) is -0.544. The summed E-state index contributed by atoms with van der Waals surface area (Å²) < 4.78 is 10.7. The zero-order valence-corrected chi connectivity index (χ0v) is 16.2. The quantitative estimate of drug-likeness (QED) is 0.588. The van der Waals surface area contributed by atoms with Gasteiger partial charge in [-0.1, -0.05) is 72.8 Å². The Balaban J connectivity index is 1.67. The summed E-state index contributed by atoms with van der Waals surface area (Å²) in [6.45, 7) is 1.89. The summed E-state index contributed by atoms with van der Waals surface area (Å²) >= 11 is 0. The second kappa shape index (κ2) is 10.1. The van der Waals surface area contributed by atoms with Crippen molar-refractivity contribution < 1.29 is 19.1 Å². The number of amides is 1. The van der Waals surface area contributed by atoms with Gasteiger partial charge >= 0.3 is 5.97 Å². The van der Waals surface area contributed by atoms with Gasteiger partial charge < -0.3 is 14.8 Å². The summed E-state index contributed by atoms with van der Waals surface area (Å²) in [7, 11) is 0. The molecule has 5 heteroatoms. The number of hydrogen-bond donors (Lipinski definition) is 1. The lowest BCUT2D eigenvalue weighted by atomic mass is 9.99. The molecule has 0 saturated heterocycles. The van der Waals surface area contributed by atoms with Crippen LogP contribution in [0.4, 0.5) is 0 Å². The highest BCUT2D eigenvalue weighted by molar-refractivity contribution is 5.94. The van der Waals surface area contributed by atoms with Crippen LogP contribution in [0.3, 0.4) is 0 Å². The topological polar surface area (TPSA) is 64.6 Å². The number of carbonyl (C=O) groups is 2. The average molecular weight is 389 g/mol. The average Bonchev–Trinajstić information content (AvgIpc) is 2.77. The zero-order chi connectivity index (χ0) is 20.5. The predicted molar refractivity (Wildman–Crippen MR) is 111 cm³/mol. The van der Waals surface area contributed by atoms with E-state index < -0.39 is 5.97 Å². The molecule has 0 heterocycles. The van der Waals surface area contributed by atoms with Gasteiger partial charge in [0.05, 0.1) is 12.6 Å². The van der Waals surface area contributed by atoms with Crippen molar-refractivity contribution in [3.05, 3.63) is 102 Å². The van der Waals surface area contributed by atoms with E-state index in [1.807, 2.05) is 67.6 Å². The lowest BCUT2D eigenvalue weighted by molar-refractivity contribution is -0.124. The van der Waals surface area contributed by atoms with Crippen molar-refractivity contribution in [1.29, 1.82) is 0 Å². The molecule has 29 heavy (non-hydrogen) atoms.